The zero-order valence-corrected chi connectivity index (χ0v) is 38.9. The van der Waals surface area contributed by atoms with Gasteiger partial charge in [0.2, 0.25) is 0 Å². The van der Waals surface area contributed by atoms with Crippen LogP contribution in [0.2, 0.25) is 3.63 Å². The molecule has 2 aliphatic carbocycles. The standard InChI is InChI=1S/C29H41.C13H8I2.C5H5.Zr/c1-26(2,3)22-14-18-13-19-15-23(27(4,5)6)25(29(10,11)12)17-21(19)20(18)16-24(22)28(7,8)9;14-12-5-1-10(2-6-12)9-11-3-7-13(15)8-4-11;1-2-4-5-3-1;/h13-17H,1-12H3;1-8H;1-5H;. The Morgan fingerprint density at radius 3 is 1.12 bits per heavy atom. The SMILES string of the molecule is CC(C)(C)c1cc2c(cc1C(C)(C)C)[CH]([Zr](=[C](c1ccc(I)cc1)c1ccc(I)cc1)[CH]1C=CC=C1)c1cc(C(C)(C)C)c(C(C)(C)C)cc1-2. The van der Waals surface area contributed by atoms with Gasteiger partial charge in [-0.25, -0.2) is 0 Å². The summed E-state index contributed by atoms with van der Waals surface area (Å²) < 4.78 is 5.02. The Balaban J connectivity index is 1.84. The van der Waals surface area contributed by atoms with Crippen molar-refractivity contribution in [3.8, 4) is 11.1 Å². The maximum absolute atomic E-state index is 2.82. The first kappa shape index (κ1) is 38.3. The van der Waals surface area contributed by atoms with Gasteiger partial charge >= 0.3 is 342 Å². The van der Waals surface area contributed by atoms with E-state index in [4.69, 9.17) is 0 Å². The van der Waals surface area contributed by atoms with E-state index in [0.717, 1.165) is 0 Å². The van der Waals surface area contributed by atoms with E-state index >= 15 is 0 Å². The third-order valence-electron chi connectivity index (χ3n) is 10.5. The molecule has 0 saturated carbocycles. The molecule has 0 radical (unpaired) electrons. The Hall–Kier alpha value is -1.43. The molecule has 3 heteroatoms. The van der Waals surface area contributed by atoms with Crippen LogP contribution in [0.25, 0.3) is 11.1 Å². The molecule has 0 heterocycles. The monoisotopic (exact) mass is 962 g/mol. The summed E-state index contributed by atoms with van der Waals surface area (Å²) in [5.74, 6) is 0. The van der Waals surface area contributed by atoms with Crippen LogP contribution >= 0.6 is 45.2 Å². The molecule has 0 fully saturated rings. The topological polar surface area (TPSA) is 0 Å². The fourth-order valence-electron chi connectivity index (χ4n) is 8.04. The summed E-state index contributed by atoms with van der Waals surface area (Å²) in [6.07, 6.45) is 9.70. The molecule has 0 bridgehead atoms. The summed E-state index contributed by atoms with van der Waals surface area (Å²) in [6, 6.07) is 29.5. The van der Waals surface area contributed by atoms with Gasteiger partial charge in [0.25, 0.3) is 0 Å². The number of benzene rings is 4. The van der Waals surface area contributed by atoms with Crippen LogP contribution in [0, 0.1) is 7.14 Å². The summed E-state index contributed by atoms with van der Waals surface area (Å²) in [5, 5.41) is 0. The van der Waals surface area contributed by atoms with Crippen LogP contribution in [0.15, 0.2) is 97.1 Å². The quantitative estimate of drug-likeness (QED) is 0.179. The molecule has 0 spiro atoms. The number of allylic oxidation sites excluding steroid dienone is 4. The van der Waals surface area contributed by atoms with Gasteiger partial charge in [0.15, 0.2) is 0 Å². The molecule has 0 unspecified atom stereocenters. The zero-order chi connectivity index (χ0) is 36.6. The second-order valence-electron chi connectivity index (χ2n) is 18.5. The molecule has 4 aromatic carbocycles. The first-order chi connectivity index (χ1) is 23.2. The van der Waals surface area contributed by atoms with Crippen molar-refractivity contribution in [2.24, 2.45) is 0 Å². The summed E-state index contributed by atoms with van der Waals surface area (Å²) in [6.45, 7) is 28.8. The van der Waals surface area contributed by atoms with E-state index in [1.807, 2.05) is 0 Å². The fourth-order valence-corrected chi connectivity index (χ4v) is 18.1. The van der Waals surface area contributed by atoms with E-state index in [9.17, 15) is 0 Å². The molecule has 0 atom stereocenters. The van der Waals surface area contributed by atoms with Crippen LogP contribution in [0.1, 0.15) is 131 Å². The third kappa shape index (κ3) is 7.50. The number of hydrogen-bond acceptors (Lipinski definition) is 0. The van der Waals surface area contributed by atoms with Gasteiger partial charge < -0.3 is 0 Å². The predicted octanol–water partition coefficient (Wildman–Crippen LogP) is 14.0. The van der Waals surface area contributed by atoms with Gasteiger partial charge in [-0.05, 0) is 0 Å². The van der Waals surface area contributed by atoms with Crippen LogP contribution in [0.3, 0.4) is 0 Å². The van der Waals surface area contributed by atoms with Crippen molar-refractivity contribution in [1.82, 2.24) is 0 Å². The van der Waals surface area contributed by atoms with Crippen LogP contribution in [-0.4, -0.2) is 3.21 Å². The van der Waals surface area contributed by atoms with Crippen LogP contribution in [0.4, 0.5) is 0 Å². The predicted molar refractivity (Wildman–Crippen MR) is 232 cm³/mol. The fraction of sp³-hybridized carbons (Fsp3) is 0.383. The molecule has 50 heavy (non-hydrogen) atoms. The minimum atomic E-state index is -2.82. The molecule has 0 aromatic heterocycles. The van der Waals surface area contributed by atoms with Crippen molar-refractivity contribution in [3.63, 3.8) is 0 Å². The number of rotatable bonds is 4. The van der Waals surface area contributed by atoms with Crippen molar-refractivity contribution in [2.75, 3.05) is 0 Å². The number of fused-ring (bicyclic) bond motifs is 3. The van der Waals surface area contributed by atoms with Crippen molar-refractivity contribution in [3.05, 3.63) is 149 Å². The summed E-state index contributed by atoms with van der Waals surface area (Å²) in [4.78, 5) is 0. The first-order valence-corrected chi connectivity index (χ1v) is 24.4. The second kappa shape index (κ2) is 13.8. The minimum absolute atomic E-state index is 0.0274. The Morgan fingerprint density at radius 1 is 0.480 bits per heavy atom. The van der Waals surface area contributed by atoms with Crippen molar-refractivity contribution < 1.29 is 21.3 Å². The Kier molecular flexibility index (Phi) is 10.5. The molecule has 6 rings (SSSR count). The van der Waals surface area contributed by atoms with Gasteiger partial charge in [0.1, 0.15) is 0 Å². The van der Waals surface area contributed by atoms with Crippen LogP contribution in [-0.2, 0) is 42.9 Å². The Bertz CT molecular complexity index is 1890. The molecule has 0 saturated heterocycles. The van der Waals surface area contributed by atoms with E-state index in [1.54, 1.807) is 14.3 Å². The van der Waals surface area contributed by atoms with Gasteiger partial charge in [-0.2, -0.15) is 0 Å². The van der Waals surface area contributed by atoms with E-state index in [0.29, 0.717) is 7.25 Å². The van der Waals surface area contributed by atoms with Gasteiger partial charge in [0.05, 0.1) is 0 Å². The summed E-state index contributed by atoms with van der Waals surface area (Å²) in [7, 11) is 0. The molecule has 0 N–H and O–H groups in total. The van der Waals surface area contributed by atoms with Crippen molar-refractivity contribution >= 4 is 48.4 Å². The zero-order valence-electron chi connectivity index (χ0n) is 32.1. The van der Waals surface area contributed by atoms with Gasteiger partial charge in [-0.3, -0.25) is 0 Å². The Morgan fingerprint density at radius 2 is 0.800 bits per heavy atom. The molecule has 0 amide bonds. The third-order valence-corrected chi connectivity index (χ3v) is 20.5. The number of halogens is 2. The van der Waals surface area contributed by atoms with E-state index in [1.165, 1.54) is 51.6 Å². The van der Waals surface area contributed by atoms with Gasteiger partial charge in [-0.15, -0.1) is 0 Å². The maximum atomic E-state index is 2.69. The molecule has 2 aliphatic rings. The van der Waals surface area contributed by atoms with Crippen LogP contribution in [0.5, 0.6) is 0 Å². The molecule has 260 valence electrons. The summed E-state index contributed by atoms with van der Waals surface area (Å²) in [5.41, 5.74) is 15.0. The summed E-state index contributed by atoms with van der Waals surface area (Å²) >= 11 is 2.09. The van der Waals surface area contributed by atoms with E-state index < -0.39 is 21.3 Å². The molecular formula is C47H54I2Zr. The van der Waals surface area contributed by atoms with E-state index in [2.05, 4.69) is 225 Å². The van der Waals surface area contributed by atoms with Gasteiger partial charge in [0, 0.05) is 0 Å². The average molecular weight is 964 g/mol. The Labute approximate surface area is 338 Å². The van der Waals surface area contributed by atoms with E-state index in [-0.39, 0.29) is 21.7 Å². The van der Waals surface area contributed by atoms with Crippen molar-refractivity contribution in [1.29, 1.82) is 0 Å². The second-order valence-corrected chi connectivity index (χ2v) is 27.6. The van der Waals surface area contributed by atoms with Crippen molar-refractivity contribution in [2.45, 2.75) is 112 Å². The first-order valence-electron chi connectivity index (χ1n) is 18.2. The molecule has 0 nitrogen and oxygen atoms in total. The molecular weight excluding hydrogens is 910 g/mol. The number of hydrogen-bond donors (Lipinski definition) is 0. The normalized spacial score (nSPS) is 15.1. The average Bonchev–Trinajstić information content (AvgIpc) is 3.65. The molecule has 4 aromatic rings. The van der Waals surface area contributed by atoms with Crippen LogP contribution < -0.4 is 0 Å². The van der Waals surface area contributed by atoms with Gasteiger partial charge in [-0.1, -0.05) is 0 Å². The molecule has 0 aliphatic heterocycles.